The van der Waals surface area contributed by atoms with Gasteiger partial charge >= 0.3 is 0 Å². The van der Waals surface area contributed by atoms with Crippen LogP contribution in [0.15, 0.2) is 6.07 Å². The molecule has 0 aliphatic carbocycles. The Kier molecular flexibility index (Phi) is 5.44. The molecule has 1 aromatic heterocycles. The Hall–Kier alpha value is -1.60. The Balaban J connectivity index is 2.48. The van der Waals surface area contributed by atoms with Gasteiger partial charge in [0, 0.05) is 19.2 Å². The summed E-state index contributed by atoms with van der Waals surface area (Å²) in [7, 11) is 0. The van der Waals surface area contributed by atoms with Crippen molar-refractivity contribution in [1.29, 1.82) is 0 Å². The summed E-state index contributed by atoms with van der Waals surface area (Å²) in [6.45, 7) is 8.13. The van der Waals surface area contributed by atoms with Gasteiger partial charge in [-0.05, 0) is 13.1 Å². The highest BCUT2D eigenvalue weighted by molar-refractivity contribution is 5.50. The quantitative estimate of drug-likeness (QED) is 0.395. The van der Waals surface area contributed by atoms with E-state index in [-0.39, 0.29) is 5.95 Å². The van der Waals surface area contributed by atoms with Crippen molar-refractivity contribution in [1.82, 2.24) is 14.9 Å². The summed E-state index contributed by atoms with van der Waals surface area (Å²) in [6.07, 6.45) is 0. The van der Waals surface area contributed by atoms with Crippen LogP contribution in [-0.4, -0.2) is 41.0 Å². The highest BCUT2D eigenvalue weighted by Gasteiger charge is 2.02. The highest BCUT2D eigenvalue weighted by Crippen LogP contribution is 2.10. The highest BCUT2D eigenvalue weighted by atomic mass is 15.3. The second kappa shape index (κ2) is 6.87. The molecule has 0 bridgehead atoms. The van der Waals surface area contributed by atoms with E-state index in [1.807, 2.05) is 0 Å². The Morgan fingerprint density at radius 3 is 2.47 bits per heavy atom. The number of nitrogens with two attached hydrogens (primary N) is 2. The molecule has 1 heterocycles. The SMILES string of the molecule is CCN(CC)CCNc1cc(NN)nc(N)n1. The van der Waals surface area contributed by atoms with Gasteiger partial charge in [-0.2, -0.15) is 9.97 Å². The number of likely N-dealkylation sites (N-methyl/N-ethyl adjacent to an activating group) is 1. The molecule has 0 spiro atoms. The van der Waals surface area contributed by atoms with Crippen molar-refractivity contribution in [3.8, 4) is 0 Å². The Labute approximate surface area is 102 Å². The number of nitrogens with zero attached hydrogens (tertiary/aromatic N) is 3. The summed E-state index contributed by atoms with van der Waals surface area (Å²) >= 11 is 0. The molecular formula is C10H21N7. The number of nitrogens with one attached hydrogen (secondary N) is 2. The average Bonchev–Trinajstić information content (AvgIpc) is 2.34. The minimum Gasteiger partial charge on any atom is -0.369 e. The number of hydrogen-bond acceptors (Lipinski definition) is 7. The summed E-state index contributed by atoms with van der Waals surface area (Å²) in [4.78, 5) is 10.3. The summed E-state index contributed by atoms with van der Waals surface area (Å²) in [5, 5.41) is 3.19. The zero-order valence-corrected chi connectivity index (χ0v) is 10.4. The lowest BCUT2D eigenvalue weighted by molar-refractivity contribution is 0.316. The fourth-order valence-corrected chi connectivity index (χ4v) is 1.51. The van der Waals surface area contributed by atoms with E-state index in [1.165, 1.54) is 0 Å². The topological polar surface area (TPSA) is 105 Å². The first-order valence-electron chi connectivity index (χ1n) is 5.77. The van der Waals surface area contributed by atoms with Crippen molar-refractivity contribution in [2.24, 2.45) is 5.84 Å². The maximum Gasteiger partial charge on any atom is 0.223 e. The number of hydrazine groups is 1. The summed E-state index contributed by atoms with van der Waals surface area (Å²) < 4.78 is 0. The van der Waals surface area contributed by atoms with Gasteiger partial charge in [-0.3, -0.25) is 0 Å². The molecule has 1 rings (SSSR count). The van der Waals surface area contributed by atoms with Crippen LogP contribution in [0, 0.1) is 0 Å². The van der Waals surface area contributed by atoms with Crippen molar-refractivity contribution in [2.75, 3.05) is 42.7 Å². The van der Waals surface area contributed by atoms with E-state index in [1.54, 1.807) is 6.07 Å². The third-order valence-corrected chi connectivity index (χ3v) is 2.52. The van der Waals surface area contributed by atoms with Gasteiger partial charge in [-0.1, -0.05) is 13.8 Å². The predicted molar refractivity (Wildman–Crippen MR) is 70.5 cm³/mol. The predicted octanol–water partition coefficient (Wildman–Crippen LogP) is 0.0981. The second-order valence-electron chi connectivity index (χ2n) is 3.59. The maximum atomic E-state index is 5.55. The van der Waals surface area contributed by atoms with Crippen LogP contribution in [0.25, 0.3) is 0 Å². The molecule has 7 nitrogen and oxygen atoms in total. The van der Waals surface area contributed by atoms with Crippen molar-refractivity contribution in [3.63, 3.8) is 0 Å². The van der Waals surface area contributed by atoms with E-state index < -0.39 is 0 Å². The lowest BCUT2D eigenvalue weighted by Gasteiger charge is -2.18. The van der Waals surface area contributed by atoms with E-state index in [9.17, 15) is 0 Å². The van der Waals surface area contributed by atoms with Gasteiger partial charge in [0.2, 0.25) is 5.95 Å². The van der Waals surface area contributed by atoms with Gasteiger partial charge in [-0.25, -0.2) is 5.84 Å². The monoisotopic (exact) mass is 239 g/mol. The smallest absolute Gasteiger partial charge is 0.223 e. The van der Waals surface area contributed by atoms with Gasteiger partial charge in [0.05, 0.1) is 0 Å². The third kappa shape index (κ3) is 4.41. The molecule has 96 valence electrons. The van der Waals surface area contributed by atoms with E-state index >= 15 is 0 Å². The lowest BCUT2D eigenvalue weighted by Crippen LogP contribution is -2.28. The van der Waals surface area contributed by atoms with Crippen LogP contribution < -0.4 is 22.3 Å². The van der Waals surface area contributed by atoms with Crippen molar-refractivity contribution < 1.29 is 0 Å². The average molecular weight is 239 g/mol. The van der Waals surface area contributed by atoms with Crippen molar-refractivity contribution in [2.45, 2.75) is 13.8 Å². The van der Waals surface area contributed by atoms with Crippen LogP contribution in [0.4, 0.5) is 17.6 Å². The maximum absolute atomic E-state index is 5.55. The fourth-order valence-electron chi connectivity index (χ4n) is 1.51. The molecule has 0 radical (unpaired) electrons. The molecule has 7 heteroatoms. The number of nitrogen functional groups attached to an aromatic ring is 2. The first kappa shape index (κ1) is 13.5. The van der Waals surface area contributed by atoms with Gasteiger partial charge in [0.1, 0.15) is 11.6 Å². The molecule has 0 saturated carbocycles. The number of rotatable bonds is 7. The molecule has 0 aliphatic heterocycles. The molecule has 1 aromatic rings. The molecule has 0 fully saturated rings. The number of aromatic nitrogens is 2. The molecule has 0 amide bonds. The molecule has 0 aromatic carbocycles. The van der Waals surface area contributed by atoms with Crippen LogP contribution in [0.2, 0.25) is 0 Å². The molecule has 6 N–H and O–H groups in total. The third-order valence-electron chi connectivity index (χ3n) is 2.52. The minimum atomic E-state index is 0.200. The van der Waals surface area contributed by atoms with Crippen LogP contribution >= 0.6 is 0 Å². The first-order chi connectivity index (χ1) is 8.19. The zero-order chi connectivity index (χ0) is 12.7. The first-order valence-corrected chi connectivity index (χ1v) is 5.77. The van der Waals surface area contributed by atoms with E-state index in [0.29, 0.717) is 11.6 Å². The normalized spacial score (nSPS) is 10.6. The summed E-state index contributed by atoms with van der Waals surface area (Å²) in [6, 6.07) is 1.72. The Morgan fingerprint density at radius 2 is 1.88 bits per heavy atom. The van der Waals surface area contributed by atoms with Gasteiger partial charge in [0.25, 0.3) is 0 Å². The Morgan fingerprint density at radius 1 is 1.24 bits per heavy atom. The van der Waals surface area contributed by atoms with Gasteiger partial charge in [0.15, 0.2) is 0 Å². The molecule has 0 saturated heterocycles. The summed E-state index contributed by atoms with van der Waals surface area (Å²) in [5.74, 6) is 6.66. The molecular weight excluding hydrogens is 218 g/mol. The van der Waals surface area contributed by atoms with E-state index in [2.05, 4.69) is 39.5 Å². The van der Waals surface area contributed by atoms with Crippen LogP contribution in [0.5, 0.6) is 0 Å². The van der Waals surface area contributed by atoms with E-state index in [0.717, 1.165) is 26.2 Å². The molecule has 0 aliphatic rings. The minimum absolute atomic E-state index is 0.200. The number of anilines is 3. The second-order valence-corrected chi connectivity index (χ2v) is 3.59. The van der Waals surface area contributed by atoms with Crippen molar-refractivity contribution in [3.05, 3.63) is 6.07 Å². The zero-order valence-electron chi connectivity index (χ0n) is 10.4. The largest absolute Gasteiger partial charge is 0.369 e. The van der Waals surface area contributed by atoms with Crippen LogP contribution in [0.1, 0.15) is 13.8 Å². The van der Waals surface area contributed by atoms with Gasteiger partial charge < -0.3 is 21.4 Å². The molecule has 0 atom stereocenters. The number of hydrogen-bond donors (Lipinski definition) is 4. The van der Waals surface area contributed by atoms with Gasteiger partial charge in [-0.15, -0.1) is 0 Å². The summed E-state index contributed by atoms with van der Waals surface area (Å²) in [5.41, 5.74) is 8.00. The standard InChI is InChI=1S/C10H21N7/c1-3-17(4-2)6-5-13-8-7-9(16-12)15-10(11)14-8/h7H,3-6,12H2,1-2H3,(H4,11,13,14,15,16). The van der Waals surface area contributed by atoms with E-state index in [4.69, 9.17) is 11.6 Å². The fraction of sp³-hybridized carbons (Fsp3) is 0.600. The lowest BCUT2D eigenvalue weighted by atomic mass is 10.4. The Bertz CT molecular complexity index is 337. The van der Waals surface area contributed by atoms with Crippen LogP contribution in [0.3, 0.4) is 0 Å². The van der Waals surface area contributed by atoms with Crippen LogP contribution in [-0.2, 0) is 0 Å². The molecule has 0 unspecified atom stereocenters. The van der Waals surface area contributed by atoms with Crippen molar-refractivity contribution >= 4 is 17.6 Å². The molecule has 17 heavy (non-hydrogen) atoms.